The van der Waals surface area contributed by atoms with Crippen LogP contribution in [0.1, 0.15) is 31.9 Å². The second-order valence-corrected chi connectivity index (χ2v) is 9.11. The van der Waals surface area contributed by atoms with E-state index in [-0.39, 0.29) is 43.3 Å². The lowest BCUT2D eigenvalue weighted by Gasteiger charge is -2.49. The molecule has 2 saturated heterocycles. The highest BCUT2D eigenvalue weighted by atomic mass is 32.2. The molecule has 0 aliphatic carbocycles. The molecule has 1 atom stereocenters. The molecule has 3 heterocycles. The SMILES string of the molecule is CCCC(=O)N1CC2(C1)C(COc1nccc(C)n1)CCS2(=O)=O. The number of hydrogen-bond donors (Lipinski definition) is 0. The molecule has 3 rings (SSSR count). The highest BCUT2D eigenvalue weighted by Crippen LogP contribution is 2.45. The number of sulfone groups is 1. The molecule has 1 spiro atoms. The van der Waals surface area contributed by atoms with E-state index in [0.29, 0.717) is 12.8 Å². The minimum Gasteiger partial charge on any atom is -0.463 e. The first-order valence-electron chi connectivity index (χ1n) is 8.30. The predicted octanol–water partition coefficient (Wildman–Crippen LogP) is 0.980. The molecule has 0 saturated carbocycles. The van der Waals surface area contributed by atoms with E-state index in [1.54, 1.807) is 17.2 Å². The molecule has 7 nitrogen and oxygen atoms in total. The highest BCUT2D eigenvalue weighted by Gasteiger charge is 2.62. The number of hydrogen-bond acceptors (Lipinski definition) is 6. The summed E-state index contributed by atoms with van der Waals surface area (Å²) < 4.78 is 29.9. The first-order valence-corrected chi connectivity index (χ1v) is 9.96. The van der Waals surface area contributed by atoms with Crippen LogP contribution in [0, 0.1) is 12.8 Å². The molecule has 0 radical (unpaired) electrons. The van der Waals surface area contributed by atoms with Crippen molar-refractivity contribution in [3.05, 3.63) is 18.0 Å². The van der Waals surface area contributed by atoms with Gasteiger partial charge < -0.3 is 9.64 Å². The maximum absolute atomic E-state index is 12.5. The Kier molecular flexibility index (Phi) is 4.50. The third kappa shape index (κ3) is 2.87. The lowest BCUT2D eigenvalue weighted by Crippen LogP contribution is -2.68. The second kappa shape index (κ2) is 6.31. The van der Waals surface area contributed by atoms with Crippen LogP contribution in [0.5, 0.6) is 6.01 Å². The number of aryl methyl sites for hydroxylation is 1. The van der Waals surface area contributed by atoms with Gasteiger partial charge in [-0.15, -0.1) is 0 Å². The zero-order valence-electron chi connectivity index (χ0n) is 14.1. The monoisotopic (exact) mass is 353 g/mol. The van der Waals surface area contributed by atoms with Gasteiger partial charge in [-0.3, -0.25) is 4.79 Å². The molecule has 8 heteroatoms. The van der Waals surface area contributed by atoms with E-state index in [9.17, 15) is 13.2 Å². The summed E-state index contributed by atoms with van der Waals surface area (Å²) >= 11 is 0. The van der Waals surface area contributed by atoms with Gasteiger partial charge in [0.15, 0.2) is 9.84 Å². The molecule has 1 aromatic rings. The molecule has 1 unspecified atom stereocenters. The zero-order chi connectivity index (χ0) is 17.4. The molecule has 1 aromatic heterocycles. The van der Waals surface area contributed by atoms with Gasteiger partial charge in [-0.1, -0.05) is 6.92 Å². The maximum Gasteiger partial charge on any atom is 0.316 e. The number of ether oxygens (including phenoxy) is 1. The summed E-state index contributed by atoms with van der Waals surface area (Å²) in [5.74, 6) is 0.0649. The Morgan fingerprint density at radius 3 is 2.88 bits per heavy atom. The van der Waals surface area contributed by atoms with E-state index < -0.39 is 14.6 Å². The largest absolute Gasteiger partial charge is 0.463 e. The standard InChI is InChI=1S/C16H23N3O4S/c1-3-4-14(20)19-10-16(11-19)13(6-8-24(16,21)22)9-23-15-17-7-5-12(2)18-15/h5,7,13H,3-4,6,8-11H2,1-2H3. The molecular weight excluding hydrogens is 330 g/mol. The topological polar surface area (TPSA) is 89.5 Å². The molecule has 2 fully saturated rings. The minimum absolute atomic E-state index is 0.0342. The first-order chi connectivity index (χ1) is 11.4. The summed E-state index contributed by atoms with van der Waals surface area (Å²) in [5.41, 5.74) is 0.800. The van der Waals surface area contributed by atoms with Crippen molar-refractivity contribution in [1.82, 2.24) is 14.9 Å². The van der Waals surface area contributed by atoms with Crippen LogP contribution in [0.25, 0.3) is 0 Å². The quantitative estimate of drug-likeness (QED) is 0.784. The molecule has 0 bridgehead atoms. The number of likely N-dealkylation sites (tertiary alicyclic amines) is 1. The summed E-state index contributed by atoms with van der Waals surface area (Å²) in [5, 5.41) is 0. The Balaban J connectivity index is 1.68. The van der Waals surface area contributed by atoms with Gasteiger partial charge in [-0.05, 0) is 25.8 Å². The van der Waals surface area contributed by atoms with Crippen molar-refractivity contribution in [2.24, 2.45) is 5.92 Å². The average Bonchev–Trinajstić information content (AvgIpc) is 2.74. The number of nitrogens with zero attached hydrogens (tertiary/aromatic N) is 3. The van der Waals surface area contributed by atoms with Crippen LogP contribution in [0.15, 0.2) is 12.3 Å². The molecule has 1 amide bonds. The van der Waals surface area contributed by atoms with E-state index >= 15 is 0 Å². The van der Waals surface area contributed by atoms with Crippen LogP contribution in [-0.2, 0) is 14.6 Å². The molecule has 0 N–H and O–H groups in total. The molecule has 24 heavy (non-hydrogen) atoms. The van der Waals surface area contributed by atoms with Crippen LogP contribution < -0.4 is 4.74 Å². The smallest absolute Gasteiger partial charge is 0.316 e. The summed E-state index contributed by atoms with van der Waals surface area (Å²) in [6, 6.07) is 2.05. The zero-order valence-corrected chi connectivity index (χ0v) is 14.9. The number of carbonyl (C=O) groups excluding carboxylic acids is 1. The van der Waals surface area contributed by atoms with E-state index in [4.69, 9.17) is 4.74 Å². The number of carbonyl (C=O) groups is 1. The average molecular weight is 353 g/mol. The van der Waals surface area contributed by atoms with Crippen molar-refractivity contribution in [1.29, 1.82) is 0 Å². The molecule has 0 aromatic carbocycles. The molecule has 132 valence electrons. The molecule has 2 aliphatic rings. The van der Waals surface area contributed by atoms with E-state index in [2.05, 4.69) is 9.97 Å². The number of aromatic nitrogens is 2. The van der Waals surface area contributed by atoms with Gasteiger partial charge in [0.05, 0.1) is 12.4 Å². The first kappa shape index (κ1) is 17.1. The van der Waals surface area contributed by atoms with Gasteiger partial charge in [0, 0.05) is 37.3 Å². The predicted molar refractivity (Wildman–Crippen MR) is 88.4 cm³/mol. The Hall–Kier alpha value is -1.70. The van der Waals surface area contributed by atoms with Gasteiger partial charge in [0.1, 0.15) is 4.75 Å². The molecule has 2 aliphatic heterocycles. The summed E-state index contributed by atoms with van der Waals surface area (Å²) in [6.07, 6.45) is 3.41. The summed E-state index contributed by atoms with van der Waals surface area (Å²) in [6.45, 7) is 4.63. The normalized spacial score (nSPS) is 23.9. The van der Waals surface area contributed by atoms with Crippen molar-refractivity contribution >= 4 is 15.7 Å². The number of rotatable bonds is 5. The van der Waals surface area contributed by atoms with Gasteiger partial charge in [0.2, 0.25) is 5.91 Å². The van der Waals surface area contributed by atoms with Gasteiger partial charge in [-0.25, -0.2) is 18.4 Å². The van der Waals surface area contributed by atoms with Crippen LogP contribution >= 0.6 is 0 Å². The van der Waals surface area contributed by atoms with Crippen LogP contribution in [0.4, 0.5) is 0 Å². The lowest BCUT2D eigenvalue weighted by atomic mass is 9.83. The van der Waals surface area contributed by atoms with Crippen molar-refractivity contribution in [2.45, 2.75) is 37.9 Å². The number of amides is 1. The minimum atomic E-state index is -3.21. The second-order valence-electron chi connectivity index (χ2n) is 6.66. The van der Waals surface area contributed by atoms with Crippen molar-refractivity contribution in [3.8, 4) is 6.01 Å². The summed E-state index contributed by atoms with van der Waals surface area (Å²) in [4.78, 5) is 21.9. The fourth-order valence-electron chi connectivity index (χ4n) is 3.53. The highest BCUT2D eigenvalue weighted by molar-refractivity contribution is 7.93. The fraction of sp³-hybridized carbons (Fsp3) is 0.688. The fourth-order valence-corrected chi connectivity index (χ4v) is 5.93. The lowest BCUT2D eigenvalue weighted by molar-refractivity contribution is -0.137. The van der Waals surface area contributed by atoms with Crippen LogP contribution in [0.3, 0.4) is 0 Å². The van der Waals surface area contributed by atoms with Crippen molar-refractivity contribution in [2.75, 3.05) is 25.4 Å². The Bertz CT molecular complexity index is 729. The summed E-state index contributed by atoms with van der Waals surface area (Å²) in [7, 11) is -3.21. The maximum atomic E-state index is 12.5. The van der Waals surface area contributed by atoms with Gasteiger partial charge >= 0.3 is 6.01 Å². The van der Waals surface area contributed by atoms with Gasteiger partial charge in [0.25, 0.3) is 0 Å². The van der Waals surface area contributed by atoms with Crippen molar-refractivity contribution < 1.29 is 17.9 Å². The van der Waals surface area contributed by atoms with E-state index in [1.807, 2.05) is 13.8 Å². The Morgan fingerprint density at radius 1 is 1.46 bits per heavy atom. The Labute approximate surface area is 142 Å². The Morgan fingerprint density at radius 2 is 2.21 bits per heavy atom. The van der Waals surface area contributed by atoms with Gasteiger partial charge in [-0.2, -0.15) is 0 Å². The van der Waals surface area contributed by atoms with E-state index in [0.717, 1.165) is 12.1 Å². The van der Waals surface area contributed by atoms with Crippen LogP contribution in [0.2, 0.25) is 0 Å². The van der Waals surface area contributed by atoms with E-state index in [1.165, 1.54) is 0 Å². The third-order valence-electron chi connectivity index (χ3n) is 5.02. The third-order valence-corrected chi connectivity index (χ3v) is 7.62. The molecular formula is C16H23N3O4S. The van der Waals surface area contributed by atoms with Crippen LogP contribution in [-0.4, -0.2) is 59.4 Å². The van der Waals surface area contributed by atoms with Crippen molar-refractivity contribution in [3.63, 3.8) is 0 Å².